The summed E-state index contributed by atoms with van der Waals surface area (Å²) in [5.41, 5.74) is 7.91. The third-order valence-electron chi connectivity index (χ3n) is 5.81. The Kier molecular flexibility index (Phi) is 6.93. The first-order valence-corrected chi connectivity index (χ1v) is 11.9. The van der Waals surface area contributed by atoms with Crippen LogP contribution in [0.1, 0.15) is 24.8 Å². The second-order valence-electron chi connectivity index (χ2n) is 7.82. The van der Waals surface area contributed by atoms with E-state index in [2.05, 4.69) is 4.98 Å². The van der Waals surface area contributed by atoms with Crippen molar-refractivity contribution < 1.29 is 19.4 Å². The lowest BCUT2D eigenvalue weighted by Gasteiger charge is -2.43. The molecule has 1 unspecified atom stereocenters. The number of hydrogen-bond acceptors (Lipinski definition) is 5. The summed E-state index contributed by atoms with van der Waals surface area (Å²) in [7, 11) is -3.87. The van der Waals surface area contributed by atoms with Gasteiger partial charge in [-0.3, -0.25) is 19.1 Å². The van der Waals surface area contributed by atoms with Crippen molar-refractivity contribution in [2.75, 3.05) is 25.8 Å². The monoisotopic (exact) mass is 433 g/mol. The van der Waals surface area contributed by atoms with Crippen molar-refractivity contribution in [3.05, 3.63) is 58.5 Å². The standard InChI is InChI=1S/C21H28N3O5P/c22-9-4-3-8-21(20(26)27)15-24(11-12-30(21,28)29)14-17-5-1-2-6-18(17)16-7-10-23-19(25)13-16/h1-2,5-7,10,13H,3-4,8-9,11-12,14-15,22H2,(H,23,25)(H,26,27)(H,28,29)/t21-/m0/s1. The van der Waals surface area contributed by atoms with Gasteiger partial charge in [0.15, 0.2) is 5.16 Å². The molecule has 3 rings (SSSR count). The van der Waals surface area contributed by atoms with Crippen LogP contribution in [0.15, 0.2) is 47.4 Å². The van der Waals surface area contributed by atoms with Crippen LogP contribution in [-0.4, -0.2) is 56.8 Å². The number of carboxylic acid groups (broad SMARTS) is 1. The third-order valence-corrected chi connectivity index (χ3v) is 8.51. The molecule has 0 radical (unpaired) electrons. The molecule has 1 aliphatic rings. The lowest BCUT2D eigenvalue weighted by molar-refractivity contribution is -0.141. The highest BCUT2D eigenvalue weighted by Gasteiger charge is 2.56. The van der Waals surface area contributed by atoms with E-state index in [1.807, 2.05) is 35.2 Å². The topological polar surface area (TPSA) is 137 Å². The van der Waals surface area contributed by atoms with Crippen molar-refractivity contribution in [3.63, 3.8) is 0 Å². The molecule has 2 heterocycles. The zero-order valence-electron chi connectivity index (χ0n) is 16.8. The van der Waals surface area contributed by atoms with Crippen LogP contribution in [0.5, 0.6) is 0 Å². The molecule has 1 aromatic carbocycles. The van der Waals surface area contributed by atoms with E-state index in [0.717, 1.165) is 16.7 Å². The van der Waals surface area contributed by atoms with E-state index in [9.17, 15) is 24.2 Å². The second-order valence-corrected chi connectivity index (χ2v) is 10.5. The number of H-pyrrole nitrogens is 1. The lowest BCUT2D eigenvalue weighted by Crippen LogP contribution is -2.53. The van der Waals surface area contributed by atoms with Crippen LogP contribution in [-0.2, 0) is 15.9 Å². The van der Waals surface area contributed by atoms with E-state index in [4.69, 9.17) is 5.73 Å². The Hall–Kier alpha value is -2.25. The van der Waals surface area contributed by atoms with Crippen LogP contribution < -0.4 is 11.3 Å². The Morgan fingerprint density at radius 2 is 2.03 bits per heavy atom. The van der Waals surface area contributed by atoms with E-state index in [-0.39, 0.29) is 24.7 Å². The number of aliphatic carboxylic acids is 1. The van der Waals surface area contributed by atoms with Gasteiger partial charge >= 0.3 is 5.97 Å². The van der Waals surface area contributed by atoms with Crippen molar-refractivity contribution in [1.29, 1.82) is 0 Å². The summed E-state index contributed by atoms with van der Waals surface area (Å²) >= 11 is 0. The van der Waals surface area contributed by atoms with Crippen LogP contribution in [0.3, 0.4) is 0 Å². The van der Waals surface area contributed by atoms with Gasteiger partial charge in [0.1, 0.15) is 0 Å². The maximum Gasteiger partial charge on any atom is 0.320 e. The molecule has 0 bridgehead atoms. The van der Waals surface area contributed by atoms with E-state index in [1.165, 1.54) is 6.07 Å². The van der Waals surface area contributed by atoms with E-state index < -0.39 is 18.5 Å². The number of unbranched alkanes of at least 4 members (excludes halogenated alkanes) is 1. The molecular weight excluding hydrogens is 405 g/mol. The first-order chi connectivity index (χ1) is 14.3. The Labute approximate surface area is 175 Å². The largest absolute Gasteiger partial charge is 0.480 e. The molecule has 0 aliphatic carbocycles. The molecule has 5 N–H and O–H groups in total. The molecule has 2 atom stereocenters. The number of aromatic nitrogens is 1. The van der Waals surface area contributed by atoms with Crippen molar-refractivity contribution in [1.82, 2.24) is 9.88 Å². The quantitative estimate of drug-likeness (QED) is 0.369. The van der Waals surface area contributed by atoms with Gasteiger partial charge in [0.05, 0.1) is 0 Å². The first-order valence-electron chi connectivity index (χ1n) is 10.0. The van der Waals surface area contributed by atoms with Gasteiger partial charge in [-0.15, -0.1) is 0 Å². The highest BCUT2D eigenvalue weighted by Crippen LogP contribution is 2.59. The number of benzene rings is 1. The molecule has 2 aromatic rings. The predicted octanol–water partition coefficient (Wildman–Crippen LogP) is 2.08. The molecule has 162 valence electrons. The number of hydrogen-bond donors (Lipinski definition) is 4. The van der Waals surface area contributed by atoms with E-state index >= 15 is 0 Å². The summed E-state index contributed by atoms with van der Waals surface area (Å²) in [6, 6.07) is 10.9. The van der Waals surface area contributed by atoms with Crippen molar-refractivity contribution in [2.24, 2.45) is 5.73 Å². The summed E-state index contributed by atoms with van der Waals surface area (Å²) in [4.78, 5) is 39.0. The number of pyridine rings is 1. The SMILES string of the molecule is NCCCC[C@@]1(C(=O)O)CN(Cc2ccccc2-c2cc[nH]c(=O)c2)CCP1(=O)O. The van der Waals surface area contributed by atoms with Gasteiger partial charge in [-0.1, -0.05) is 30.7 Å². The van der Waals surface area contributed by atoms with Crippen LogP contribution in [0.25, 0.3) is 11.1 Å². The molecule has 9 heteroatoms. The molecule has 8 nitrogen and oxygen atoms in total. The summed E-state index contributed by atoms with van der Waals surface area (Å²) in [5, 5.41) is 8.26. The number of carbonyl (C=O) groups is 1. The number of nitrogens with two attached hydrogens (primary N) is 1. The van der Waals surface area contributed by atoms with Gasteiger partial charge in [0.2, 0.25) is 12.9 Å². The van der Waals surface area contributed by atoms with Gasteiger partial charge in [0, 0.05) is 38.1 Å². The second kappa shape index (κ2) is 9.27. The Morgan fingerprint density at radius 1 is 1.27 bits per heavy atom. The van der Waals surface area contributed by atoms with Crippen LogP contribution in [0.4, 0.5) is 0 Å². The summed E-state index contributed by atoms with van der Waals surface area (Å²) in [6.45, 7) is 1.18. The highest BCUT2D eigenvalue weighted by atomic mass is 31.2. The highest BCUT2D eigenvalue weighted by molar-refractivity contribution is 7.61. The average Bonchev–Trinajstić information content (AvgIpc) is 2.70. The summed E-state index contributed by atoms with van der Waals surface area (Å²) in [5.74, 6) is -1.22. The van der Waals surface area contributed by atoms with Gasteiger partial charge in [-0.05, 0) is 42.1 Å². The molecule has 1 aromatic heterocycles. The smallest absolute Gasteiger partial charge is 0.320 e. The number of nitrogens with zero attached hydrogens (tertiary/aromatic N) is 1. The zero-order chi connectivity index (χ0) is 21.8. The van der Waals surface area contributed by atoms with Gasteiger partial charge in [-0.2, -0.15) is 0 Å². The third kappa shape index (κ3) is 4.57. The minimum Gasteiger partial charge on any atom is -0.480 e. The number of nitrogens with one attached hydrogen (secondary N) is 1. The molecule has 0 spiro atoms. The predicted molar refractivity (Wildman–Crippen MR) is 116 cm³/mol. The fourth-order valence-electron chi connectivity index (χ4n) is 4.12. The van der Waals surface area contributed by atoms with Gasteiger partial charge in [-0.25, -0.2) is 0 Å². The minimum atomic E-state index is -3.87. The minimum absolute atomic E-state index is 0.00436. The number of rotatable bonds is 8. The maximum atomic E-state index is 12.9. The molecular formula is C21H28N3O5P. The van der Waals surface area contributed by atoms with Crippen LogP contribution >= 0.6 is 7.37 Å². The summed E-state index contributed by atoms with van der Waals surface area (Å²) < 4.78 is 12.9. The lowest BCUT2D eigenvalue weighted by atomic mass is 9.97. The molecule has 0 amide bonds. The maximum absolute atomic E-state index is 12.9. The molecule has 30 heavy (non-hydrogen) atoms. The van der Waals surface area contributed by atoms with Crippen molar-refractivity contribution >= 4 is 13.3 Å². The molecule has 1 fully saturated rings. The molecule has 1 saturated heterocycles. The average molecular weight is 433 g/mol. The van der Waals surface area contributed by atoms with Crippen LogP contribution in [0, 0.1) is 0 Å². The Balaban J connectivity index is 1.89. The summed E-state index contributed by atoms with van der Waals surface area (Å²) in [6.07, 6.45) is 2.75. The zero-order valence-corrected chi connectivity index (χ0v) is 17.7. The normalized spacial score (nSPS) is 24.6. The van der Waals surface area contributed by atoms with Crippen molar-refractivity contribution in [3.8, 4) is 11.1 Å². The number of carboxylic acids is 1. The van der Waals surface area contributed by atoms with Crippen LogP contribution in [0.2, 0.25) is 0 Å². The molecule has 0 saturated carbocycles. The van der Waals surface area contributed by atoms with E-state index in [1.54, 1.807) is 6.20 Å². The fraction of sp³-hybridized carbons (Fsp3) is 0.429. The first kappa shape index (κ1) is 22.4. The van der Waals surface area contributed by atoms with Gasteiger partial charge < -0.3 is 20.7 Å². The van der Waals surface area contributed by atoms with Crippen molar-refractivity contribution in [2.45, 2.75) is 31.0 Å². The van der Waals surface area contributed by atoms with E-state index in [0.29, 0.717) is 32.5 Å². The number of aromatic amines is 1. The Bertz CT molecular complexity index is 1010. The fourth-order valence-corrected chi connectivity index (χ4v) is 6.33. The molecule has 1 aliphatic heterocycles. The Morgan fingerprint density at radius 3 is 2.73 bits per heavy atom. The van der Waals surface area contributed by atoms with Gasteiger partial charge in [0.25, 0.3) is 0 Å².